The van der Waals surface area contributed by atoms with Crippen LogP contribution in [-0.4, -0.2) is 67.2 Å². The third kappa shape index (κ3) is 5.55. The third-order valence-electron chi connectivity index (χ3n) is 6.99. The van der Waals surface area contributed by atoms with Crippen LogP contribution in [0.15, 0.2) is 42.5 Å². The summed E-state index contributed by atoms with van der Waals surface area (Å²) in [7, 11) is 1.54. The van der Waals surface area contributed by atoms with Crippen LogP contribution in [0.5, 0.6) is 5.75 Å². The van der Waals surface area contributed by atoms with Crippen LogP contribution >= 0.6 is 0 Å². The fourth-order valence-electron chi connectivity index (χ4n) is 4.87. The second-order valence-electron chi connectivity index (χ2n) is 9.08. The Morgan fingerprint density at radius 3 is 2.60 bits per heavy atom. The molecule has 4 rings (SSSR count). The van der Waals surface area contributed by atoms with E-state index in [0.29, 0.717) is 24.0 Å². The van der Waals surface area contributed by atoms with Gasteiger partial charge >= 0.3 is 0 Å². The lowest BCUT2D eigenvalue weighted by Crippen LogP contribution is -2.46. The highest BCUT2D eigenvalue weighted by molar-refractivity contribution is 6.01. The first-order valence-electron chi connectivity index (χ1n) is 12.3. The van der Waals surface area contributed by atoms with Gasteiger partial charge in [-0.25, -0.2) is 0 Å². The number of likely N-dealkylation sites (N-methyl/N-ethyl adjacent to an activating group) is 1. The molecule has 2 unspecified atom stereocenters. The molecule has 2 aliphatic rings. The normalized spacial score (nSPS) is 17.5. The van der Waals surface area contributed by atoms with Crippen molar-refractivity contribution in [3.8, 4) is 5.75 Å². The fraction of sp³-hybridized carbons (Fsp3) is 0.444. The second-order valence-corrected chi connectivity index (χ2v) is 9.08. The van der Waals surface area contributed by atoms with Crippen molar-refractivity contribution in [3.63, 3.8) is 0 Å². The Kier molecular flexibility index (Phi) is 8.15. The number of hydrogen-bond donors (Lipinski definition) is 2. The summed E-state index contributed by atoms with van der Waals surface area (Å²) in [6, 6.07) is 13.6. The minimum Gasteiger partial charge on any atom is -0.489 e. The van der Waals surface area contributed by atoms with Crippen molar-refractivity contribution in [3.05, 3.63) is 64.7 Å². The highest BCUT2D eigenvalue weighted by atomic mass is 16.5. The summed E-state index contributed by atoms with van der Waals surface area (Å²) in [6.07, 6.45) is 1.27. The van der Waals surface area contributed by atoms with Gasteiger partial charge in [0, 0.05) is 56.8 Å². The number of carbonyl (C=O) groups excluding carboxylic acids is 3. The maximum absolute atomic E-state index is 13.1. The van der Waals surface area contributed by atoms with Crippen molar-refractivity contribution in [1.29, 1.82) is 0 Å². The van der Waals surface area contributed by atoms with Gasteiger partial charge in [0.1, 0.15) is 24.7 Å². The van der Waals surface area contributed by atoms with Crippen LogP contribution in [0, 0.1) is 0 Å². The highest BCUT2D eigenvalue weighted by Crippen LogP contribution is 2.33. The van der Waals surface area contributed by atoms with Gasteiger partial charge in [0.05, 0.1) is 6.54 Å². The molecule has 1 fully saturated rings. The van der Waals surface area contributed by atoms with Gasteiger partial charge in [-0.05, 0) is 36.6 Å². The molecule has 2 amide bonds. The van der Waals surface area contributed by atoms with Gasteiger partial charge in [-0.15, -0.1) is 0 Å². The number of rotatable bonds is 10. The lowest BCUT2D eigenvalue weighted by Gasteiger charge is -2.33. The Balaban J connectivity index is 1.43. The molecule has 1 saturated heterocycles. The van der Waals surface area contributed by atoms with Gasteiger partial charge in [-0.1, -0.05) is 30.3 Å². The number of carbonyl (C=O) groups is 3. The van der Waals surface area contributed by atoms with Crippen LogP contribution in [0.2, 0.25) is 0 Å². The number of amides is 2. The van der Waals surface area contributed by atoms with Crippen LogP contribution in [0.3, 0.4) is 0 Å². The molecule has 0 saturated carbocycles. The summed E-state index contributed by atoms with van der Waals surface area (Å²) in [5.41, 5.74) is 3.66. The van der Waals surface area contributed by atoms with Crippen LogP contribution < -0.4 is 15.4 Å². The van der Waals surface area contributed by atoms with Crippen molar-refractivity contribution in [2.75, 3.05) is 33.2 Å². The molecule has 2 aromatic rings. The number of nitrogens with zero attached hydrogens (tertiary/aromatic N) is 2. The van der Waals surface area contributed by atoms with E-state index in [-0.39, 0.29) is 31.2 Å². The zero-order chi connectivity index (χ0) is 24.8. The first-order chi connectivity index (χ1) is 17.0. The number of benzene rings is 2. The van der Waals surface area contributed by atoms with Crippen LogP contribution in [-0.2, 0) is 22.7 Å². The average Bonchev–Trinajstić information content (AvgIpc) is 3.24. The molecule has 2 aliphatic heterocycles. The molecule has 0 bridgehead atoms. The molecule has 0 spiro atoms. The van der Waals surface area contributed by atoms with Crippen molar-refractivity contribution in [2.24, 2.45) is 0 Å². The topological polar surface area (TPSA) is 91.0 Å². The molecular formula is C27H34N4O4. The van der Waals surface area contributed by atoms with E-state index in [1.54, 1.807) is 12.1 Å². The van der Waals surface area contributed by atoms with Gasteiger partial charge in [0.25, 0.3) is 5.91 Å². The molecule has 0 radical (unpaired) electrons. The molecule has 186 valence electrons. The first-order valence-corrected chi connectivity index (χ1v) is 12.3. The van der Waals surface area contributed by atoms with Gasteiger partial charge in [-0.2, -0.15) is 0 Å². The molecule has 8 nitrogen and oxygen atoms in total. The van der Waals surface area contributed by atoms with E-state index < -0.39 is 6.04 Å². The monoisotopic (exact) mass is 478 g/mol. The molecule has 35 heavy (non-hydrogen) atoms. The number of hydrogen-bond acceptors (Lipinski definition) is 6. The Labute approximate surface area is 206 Å². The van der Waals surface area contributed by atoms with Crippen molar-refractivity contribution in [2.45, 2.75) is 45.0 Å². The molecule has 8 heteroatoms. The summed E-state index contributed by atoms with van der Waals surface area (Å²) in [4.78, 5) is 40.4. The minimum atomic E-state index is -0.692. The number of nitrogens with one attached hydrogen (secondary N) is 2. The SMILES string of the molecule is CNC(=O)C(CCC=O)N1Cc2c(OCc3ccc(C(C)N4CCNCC4)cc3)cccc2C1=O. The summed E-state index contributed by atoms with van der Waals surface area (Å²) in [5.74, 6) is 0.157. The number of ether oxygens (including phenoxy) is 1. The van der Waals surface area contributed by atoms with Crippen LogP contribution in [0.4, 0.5) is 0 Å². The Hall–Kier alpha value is -3.23. The predicted molar refractivity (Wildman–Crippen MR) is 133 cm³/mol. The zero-order valence-electron chi connectivity index (χ0n) is 20.5. The Morgan fingerprint density at radius 2 is 1.91 bits per heavy atom. The summed E-state index contributed by atoms with van der Waals surface area (Å²) < 4.78 is 6.14. The van der Waals surface area contributed by atoms with E-state index in [1.807, 2.05) is 6.07 Å². The lowest BCUT2D eigenvalue weighted by atomic mass is 10.0. The maximum Gasteiger partial charge on any atom is 0.255 e. The minimum absolute atomic E-state index is 0.212. The second kappa shape index (κ2) is 11.5. The Bertz CT molecular complexity index is 1050. The van der Waals surface area contributed by atoms with Gasteiger partial charge < -0.3 is 25.1 Å². The number of aldehydes is 1. The zero-order valence-corrected chi connectivity index (χ0v) is 20.5. The quantitative estimate of drug-likeness (QED) is 0.509. The molecule has 2 aromatic carbocycles. The summed E-state index contributed by atoms with van der Waals surface area (Å²) >= 11 is 0. The number of piperazine rings is 1. The highest BCUT2D eigenvalue weighted by Gasteiger charge is 2.37. The molecular weight excluding hydrogens is 444 g/mol. The maximum atomic E-state index is 13.1. The van der Waals surface area contributed by atoms with Crippen molar-refractivity contribution in [1.82, 2.24) is 20.4 Å². The standard InChI is InChI=1S/C27H34N4O4/c1-19(30-14-12-29-13-15-30)21-10-8-20(9-11-21)18-35-25-7-3-5-22-23(25)17-31(27(22)34)24(6-4-16-32)26(33)28-2/h3,5,7-11,16,19,24,29H,4,6,12-15,17-18H2,1-2H3,(H,28,33). The van der Waals surface area contributed by atoms with Crippen LogP contribution in [0.25, 0.3) is 0 Å². The van der Waals surface area contributed by atoms with Crippen molar-refractivity contribution < 1.29 is 19.1 Å². The average molecular weight is 479 g/mol. The summed E-state index contributed by atoms with van der Waals surface area (Å²) in [6.45, 7) is 7.07. The van der Waals surface area contributed by atoms with Gasteiger partial charge in [-0.3, -0.25) is 14.5 Å². The molecule has 2 atom stereocenters. The van der Waals surface area contributed by atoms with Gasteiger partial charge in [0.2, 0.25) is 5.91 Å². The summed E-state index contributed by atoms with van der Waals surface area (Å²) in [5, 5.41) is 6.00. The predicted octanol–water partition coefficient (Wildman–Crippen LogP) is 2.28. The van der Waals surface area contributed by atoms with E-state index in [9.17, 15) is 14.4 Å². The molecule has 2 heterocycles. The van der Waals surface area contributed by atoms with Crippen molar-refractivity contribution >= 4 is 18.1 Å². The number of fused-ring (bicyclic) bond motifs is 1. The molecule has 0 aliphatic carbocycles. The van der Waals surface area contributed by atoms with Gasteiger partial charge in [0.15, 0.2) is 0 Å². The molecule has 0 aromatic heterocycles. The first kappa shape index (κ1) is 24.9. The largest absolute Gasteiger partial charge is 0.489 e. The smallest absolute Gasteiger partial charge is 0.255 e. The van der Waals surface area contributed by atoms with E-state index in [2.05, 4.69) is 46.7 Å². The van der Waals surface area contributed by atoms with E-state index in [1.165, 1.54) is 17.5 Å². The van der Waals surface area contributed by atoms with Crippen LogP contribution in [0.1, 0.15) is 52.9 Å². The third-order valence-corrected chi connectivity index (χ3v) is 6.99. The lowest BCUT2D eigenvalue weighted by molar-refractivity contribution is -0.125. The van der Waals surface area contributed by atoms with E-state index in [0.717, 1.165) is 43.6 Å². The molecule has 2 N–H and O–H groups in total. The van der Waals surface area contributed by atoms with E-state index >= 15 is 0 Å². The fourth-order valence-corrected chi connectivity index (χ4v) is 4.87. The Morgan fingerprint density at radius 1 is 1.17 bits per heavy atom. The van der Waals surface area contributed by atoms with E-state index in [4.69, 9.17) is 4.74 Å².